The Bertz CT molecular complexity index is 928. The summed E-state index contributed by atoms with van der Waals surface area (Å²) in [6.45, 7) is 1.19. The monoisotopic (exact) mass is 449 g/mol. The van der Waals surface area contributed by atoms with E-state index in [0.717, 1.165) is 11.3 Å². The first kappa shape index (κ1) is 22.5. The SMILES string of the molecule is CON=C(C(=O)N[C@@H]1C(=O)N(S(=O)(=O)O)[C@@H]1CCCOC(C)=O)c1csc(N)n1. The van der Waals surface area contributed by atoms with Crippen LogP contribution in [0.5, 0.6) is 0 Å². The number of nitrogens with one attached hydrogen (secondary N) is 1. The van der Waals surface area contributed by atoms with Crippen molar-refractivity contribution in [3.8, 4) is 0 Å². The molecule has 2 atom stereocenters. The third-order valence-corrected chi connectivity index (χ3v) is 5.44. The Hall–Kier alpha value is -2.78. The predicted octanol–water partition coefficient (Wildman–Crippen LogP) is -1.08. The topological polar surface area (TPSA) is 191 Å². The second-order valence-electron chi connectivity index (χ2n) is 5.81. The van der Waals surface area contributed by atoms with Gasteiger partial charge in [0.15, 0.2) is 10.8 Å². The molecule has 0 aromatic carbocycles. The number of thiazole rings is 1. The van der Waals surface area contributed by atoms with Crippen molar-refractivity contribution in [3.63, 3.8) is 0 Å². The third kappa shape index (κ3) is 5.39. The second kappa shape index (κ2) is 9.15. The van der Waals surface area contributed by atoms with Gasteiger partial charge >= 0.3 is 16.3 Å². The molecule has 1 aromatic heterocycles. The van der Waals surface area contributed by atoms with Crippen LogP contribution in [-0.2, 0) is 34.3 Å². The standard InChI is InChI=1S/C14H19N5O8S2/c1-7(20)27-5-3-4-9-11(13(22)19(9)29(23,24)25)17-12(21)10(18-26-2)8-6-28-14(15)16-8/h6,9,11H,3-5H2,1-2H3,(H2,15,16)(H,17,21)(H,23,24,25)/t9-,11+/m1/s1. The van der Waals surface area contributed by atoms with Crippen LogP contribution in [0.2, 0.25) is 0 Å². The number of nitrogens with zero attached hydrogens (tertiary/aromatic N) is 3. The fraction of sp³-hybridized carbons (Fsp3) is 0.500. The number of oxime groups is 1. The van der Waals surface area contributed by atoms with Crippen LogP contribution in [0.1, 0.15) is 25.5 Å². The molecule has 160 valence electrons. The molecule has 1 saturated heterocycles. The molecule has 2 heterocycles. The van der Waals surface area contributed by atoms with Crippen LogP contribution in [0, 0.1) is 0 Å². The van der Waals surface area contributed by atoms with Gasteiger partial charge in [0, 0.05) is 12.3 Å². The lowest BCUT2D eigenvalue weighted by atomic mass is 9.94. The lowest BCUT2D eigenvalue weighted by Gasteiger charge is -2.44. The summed E-state index contributed by atoms with van der Waals surface area (Å²) in [7, 11) is -3.62. The lowest BCUT2D eigenvalue weighted by molar-refractivity contribution is -0.146. The summed E-state index contributed by atoms with van der Waals surface area (Å²) in [6.07, 6.45) is 0.224. The van der Waals surface area contributed by atoms with Crippen molar-refractivity contribution in [2.45, 2.75) is 31.8 Å². The molecule has 29 heavy (non-hydrogen) atoms. The van der Waals surface area contributed by atoms with E-state index in [1.54, 1.807) is 0 Å². The first-order valence-corrected chi connectivity index (χ1v) is 10.4. The average Bonchev–Trinajstić information content (AvgIpc) is 3.04. The number of β-lactam (4-membered cyclic amide) rings is 1. The zero-order valence-corrected chi connectivity index (χ0v) is 17.0. The van der Waals surface area contributed by atoms with Gasteiger partial charge in [-0.15, -0.1) is 11.3 Å². The minimum atomic E-state index is -4.82. The highest BCUT2D eigenvalue weighted by atomic mass is 32.2. The molecule has 15 heteroatoms. The number of hydrogen-bond donors (Lipinski definition) is 3. The van der Waals surface area contributed by atoms with Crippen molar-refractivity contribution in [1.29, 1.82) is 0 Å². The van der Waals surface area contributed by atoms with Gasteiger partial charge in [-0.25, -0.2) is 9.29 Å². The van der Waals surface area contributed by atoms with E-state index in [2.05, 4.69) is 20.3 Å². The third-order valence-electron chi connectivity index (χ3n) is 3.82. The summed E-state index contributed by atoms with van der Waals surface area (Å²) in [4.78, 5) is 44.1. The number of nitrogens with two attached hydrogens (primary N) is 1. The van der Waals surface area contributed by atoms with Gasteiger partial charge < -0.3 is 20.6 Å². The van der Waals surface area contributed by atoms with Crippen molar-refractivity contribution < 1.29 is 36.9 Å². The van der Waals surface area contributed by atoms with Crippen LogP contribution in [0.3, 0.4) is 0 Å². The van der Waals surface area contributed by atoms with Crippen molar-refractivity contribution in [1.82, 2.24) is 14.6 Å². The molecule has 0 bridgehead atoms. The Kier molecular flexibility index (Phi) is 7.10. The first-order chi connectivity index (χ1) is 13.6. The molecule has 0 unspecified atom stereocenters. The maximum atomic E-state index is 12.6. The van der Waals surface area contributed by atoms with E-state index in [1.165, 1.54) is 19.4 Å². The summed E-state index contributed by atoms with van der Waals surface area (Å²) in [5.41, 5.74) is 5.38. The van der Waals surface area contributed by atoms with Crippen LogP contribution in [0.4, 0.5) is 5.13 Å². The minimum absolute atomic E-state index is 0.0194. The van der Waals surface area contributed by atoms with Crippen molar-refractivity contribution in [3.05, 3.63) is 11.1 Å². The van der Waals surface area contributed by atoms with E-state index in [4.69, 9.17) is 10.5 Å². The predicted molar refractivity (Wildman–Crippen MR) is 100 cm³/mol. The maximum absolute atomic E-state index is 12.6. The second-order valence-corrected chi connectivity index (χ2v) is 7.98. The molecule has 2 rings (SSSR count). The highest BCUT2D eigenvalue weighted by Gasteiger charge is 2.53. The van der Waals surface area contributed by atoms with Gasteiger partial charge in [-0.1, -0.05) is 5.16 Å². The number of hydrogen-bond acceptors (Lipinski definition) is 11. The molecule has 1 aliphatic rings. The van der Waals surface area contributed by atoms with Gasteiger partial charge in [-0.3, -0.25) is 18.9 Å². The molecule has 0 aliphatic carbocycles. The zero-order chi connectivity index (χ0) is 21.8. The Balaban J connectivity index is 2.14. The Labute approximate surface area is 169 Å². The summed E-state index contributed by atoms with van der Waals surface area (Å²) in [5.74, 6) is -2.39. The summed E-state index contributed by atoms with van der Waals surface area (Å²) in [5, 5.41) is 7.57. The molecule has 2 amide bonds. The highest BCUT2D eigenvalue weighted by molar-refractivity contribution is 7.84. The largest absolute Gasteiger partial charge is 0.466 e. The highest BCUT2D eigenvalue weighted by Crippen LogP contribution is 2.27. The van der Waals surface area contributed by atoms with Crippen LogP contribution in [0.25, 0.3) is 0 Å². The van der Waals surface area contributed by atoms with Crippen LogP contribution in [-0.4, -0.2) is 71.6 Å². The van der Waals surface area contributed by atoms with Crippen molar-refractivity contribution in [2.24, 2.45) is 5.16 Å². The summed E-state index contributed by atoms with van der Waals surface area (Å²) < 4.78 is 37.2. The van der Waals surface area contributed by atoms with Gasteiger partial charge in [0.25, 0.3) is 11.8 Å². The molecule has 0 spiro atoms. The van der Waals surface area contributed by atoms with E-state index >= 15 is 0 Å². The quantitative estimate of drug-likeness (QED) is 0.104. The number of nitrogen functional groups attached to an aromatic ring is 1. The number of carbonyl (C=O) groups is 3. The number of ether oxygens (including phenoxy) is 1. The molecule has 4 N–H and O–H groups in total. The van der Waals surface area contributed by atoms with Gasteiger partial charge in [0.05, 0.1) is 12.6 Å². The Morgan fingerprint density at radius 1 is 1.48 bits per heavy atom. The molecule has 1 fully saturated rings. The number of carbonyl (C=O) groups excluding carboxylic acids is 3. The van der Waals surface area contributed by atoms with Gasteiger partial charge in [0.1, 0.15) is 18.8 Å². The first-order valence-electron chi connectivity index (χ1n) is 8.13. The summed E-state index contributed by atoms with van der Waals surface area (Å²) >= 11 is 1.06. The molecular formula is C14H19N5O8S2. The van der Waals surface area contributed by atoms with Crippen LogP contribution >= 0.6 is 11.3 Å². The van der Waals surface area contributed by atoms with E-state index < -0.39 is 40.2 Å². The van der Waals surface area contributed by atoms with Crippen LogP contribution in [0.15, 0.2) is 10.5 Å². The Morgan fingerprint density at radius 3 is 2.69 bits per heavy atom. The maximum Gasteiger partial charge on any atom is 0.362 e. The van der Waals surface area contributed by atoms with E-state index in [1.807, 2.05) is 0 Å². The van der Waals surface area contributed by atoms with Crippen LogP contribution < -0.4 is 11.1 Å². The van der Waals surface area contributed by atoms with Gasteiger partial charge in [0.2, 0.25) is 0 Å². The lowest BCUT2D eigenvalue weighted by Crippen LogP contribution is -2.72. The molecule has 1 aromatic rings. The number of amides is 2. The molecular weight excluding hydrogens is 430 g/mol. The zero-order valence-electron chi connectivity index (χ0n) is 15.4. The summed E-state index contributed by atoms with van der Waals surface area (Å²) in [6, 6.07) is -2.32. The van der Waals surface area contributed by atoms with Crippen molar-refractivity contribution in [2.75, 3.05) is 19.5 Å². The molecule has 13 nitrogen and oxygen atoms in total. The Morgan fingerprint density at radius 2 is 2.17 bits per heavy atom. The average molecular weight is 449 g/mol. The smallest absolute Gasteiger partial charge is 0.362 e. The van der Waals surface area contributed by atoms with Gasteiger partial charge in [-0.05, 0) is 12.8 Å². The minimum Gasteiger partial charge on any atom is -0.466 e. The number of esters is 1. The van der Waals surface area contributed by atoms with E-state index in [9.17, 15) is 27.4 Å². The molecule has 0 radical (unpaired) electrons. The number of aromatic nitrogens is 1. The molecule has 1 aliphatic heterocycles. The number of anilines is 1. The van der Waals surface area contributed by atoms with E-state index in [-0.39, 0.29) is 40.3 Å². The molecule has 0 saturated carbocycles. The normalized spacial score (nSPS) is 19.5. The van der Waals surface area contributed by atoms with Crippen molar-refractivity contribution >= 4 is 50.3 Å². The fourth-order valence-electron chi connectivity index (χ4n) is 2.66. The fourth-order valence-corrected chi connectivity index (χ4v) is 4.11. The van der Waals surface area contributed by atoms with Gasteiger partial charge in [-0.2, -0.15) is 8.42 Å². The van der Waals surface area contributed by atoms with E-state index in [0.29, 0.717) is 0 Å². The number of rotatable bonds is 9.